The van der Waals surface area contributed by atoms with Crippen LogP contribution in [-0.4, -0.2) is 37.3 Å². The van der Waals surface area contributed by atoms with Gasteiger partial charge in [-0.25, -0.2) is 9.97 Å². The molecule has 0 radical (unpaired) electrons. The van der Waals surface area contributed by atoms with Crippen molar-refractivity contribution >= 4 is 44.8 Å². The zero-order valence-corrected chi connectivity index (χ0v) is 18.2. The molecule has 0 unspecified atom stereocenters. The minimum atomic E-state index is 0.665. The quantitative estimate of drug-likeness (QED) is 0.489. The van der Waals surface area contributed by atoms with Crippen molar-refractivity contribution in [3.05, 3.63) is 52.3 Å². The van der Waals surface area contributed by atoms with Crippen LogP contribution in [0.25, 0.3) is 23.1 Å². The van der Waals surface area contributed by atoms with Crippen molar-refractivity contribution in [2.45, 2.75) is 13.8 Å². The van der Waals surface area contributed by atoms with E-state index in [4.69, 9.17) is 19.4 Å². The molecule has 0 spiro atoms. The number of ether oxygens (including phenoxy) is 2. The van der Waals surface area contributed by atoms with Gasteiger partial charge in [-0.3, -0.25) is 0 Å². The third-order valence-electron chi connectivity index (χ3n) is 4.52. The summed E-state index contributed by atoms with van der Waals surface area (Å²) in [6, 6.07) is 11.8. The van der Waals surface area contributed by atoms with Crippen LogP contribution in [0.5, 0.6) is 11.5 Å². The van der Waals surface area contributed by atoms with E-state index in [0.29, 0.717) is 5.82 Å². The molecule has 1 aromatic heterocycles. The Balaban J connectivity index is 2.06. The third kappa shape index (κ3) is 4.44. The monoisotopic (exact) mass is 441 g/mol. The van der Waals surface area contributed by atoms with Gasteiger partial charge in [0.25, 0.3) is 0 Å². The molecule has 28 heavy (non-hydrogen) atoms. The van der Waals surface area contributed by atoms with Gasteiger partial charge < -0.3 is 14.4 Å². The van der Waals surface area contributed by atoms with E-state index in [-0.39, 0.29) is 0 Å². The highest BCUT2D eigenvalue weighted by atomic mass is 79.9. The Kier molecular flexibility index (Phi) is 6.52. The summed E-state index contributed by atoms with van der Waals surface area (Å²) in [6.45, 7) is 6.03. The van der Waals surface area contributed by atoms with Crippen LogP contribution in [0.15, 0.2) is 40.9 Å². The lowest BCUT2D eigenvalue weighted by Crippen LogP contribution is -2.23. The minimum absolute atomic E-state index is 0.665. The first kappa shape index (κ1) is 20.1. The van der Waals surface area contributed by atoms with Crippen molar-refractivity contribution in [1.82, 2.24) is 9.97 Å². The van der Waals surface area contributed by atoms with E-state index in [1.54, 1.807) is 14.2 Å². The summed E-state index contributed by atoms with van der Waals surface area (Å²) in [5, 5.41) is 1.04. The van der Waals surface area contributed by atoms with E-state index in [1.807, 2.05) is 42.5 Å². The summed E-state index contributed by atoms with van der Waals surface area (Å²) >= 11 is 3.55. The highest BCUT2D eigenvalue weighted by Gasteiger charge is 2.12. The molecule has 5 nitrogen and oxygen atoms in total. The van der Waals surface area contributed by atoms with Crippen LogP contribution in [0.2, 0.25) is 0 Å². The number of hydrogen-bond donors (Lipinski definition) is 0. The Morgan fingerprint density at radius 1 is 0.929 bits per heavy atom. The molecule has 0 fully saturated rings. The predicted octanol–water partition coefficient (Wildman–Crippen LogP) is 5.43. The lowest BCUT2D eigenvalue weighted by Gasteiger charge is -2.21. The lowest BCUT2D eigenvalue weighted by molar-refractivity contribution is 0.394. The van der Waals surface area contributed by atoms with Gasteiger partial charge in [0.15, 0.2) is 5.82 Å². The number of nitrogens with zero attached hydrogens (tertiary/aromatic N) is 3. The number of methoxy groups -OCH3 is 2. The van der Waals surface area contributed by atoms with Gasteiger partial charge in [0.1, 0.15) is 17.3 Å². The zero-order chi connectivity index (χ0) is 20.1. The average molecular weight is 442 g/mol. The second-order valence-electron chi connectivity index (χ2n) is 6.22. The Bertz CT molecular complexity index is 978. The SMILES string of the molecule is CCN(CC)c1nc(/C=C/c2cc(OC)cc(OC)c2)nc2ccc(Br)cc12. The fraction of sp³-hybridized carbons (Fsp3) is 0.273. The summed E-state index contributed by atoms with van der Waals surface area (Å²) in [5.41, 5.74) is 1.88. The summed E-state index contributed by atoms with van der Waals surface area (Å²) in [6.07, 6.45) is 3.89. The topological polar surface area (TPSA) is 47.5 Å². The minimum Gasteiger partial charge on any atom is -0.497 e. The molecule has 0 amide bonds. The van der Waals surface area contributed by atoms with E-state index in [0.717, 1.165) is 51.3 Å². The molecule has 6 heteroatoms. The van der Waals surface area contributed by atoms with Gasteiger partial charge in [-0.15, -0.1) is 0 Å². The first-order valence-corrected chi connectivity index (χ1v) is 10.0. The number of aromatic nitrogens is 2. The predicted molar refractivity (Wildman–Crippen MR) is 119 cm³/mol. The average Bonchev–Trinajstić information content (AvgIpc) is 2.73. The third-order valence-corrected chi connectivity index (χ3v) is 5.01. The Morgan fingerprint density at radius 3 is 2.21 bits per heavy atom. The van der Waals surface area contributed by atoms with E-state index >= 15 is 0 Å². The van der Waals surface area contributed by atoms with Gasteiger partial charge in [0.2, 0.25) is 0 Å². The molecule has 3 aromatic rings. The molecule has 2 aromatic carbocycles. The summed E-state index contributed by atoms with van der Waals surface area (Å²) in [5.74, 6) is 3.09. The maximum Gasteiger partial charge on any atom is 0.154 e. The normalized spacial score (nSPS) is 11.2. The molecule has 0 saturated heterocycles. The molecule has 0 atom stereocenters. The second kappa shape index (κ2) is 9.06. The van der Waals surface area contributed by atoms with Crippen LogP contribution in [-0.2, 0) is 0 Å². The van der Waals surface area contributed by atoms with Crippen molar-refractivity contribution in [2.75, 3.05) is 32.2 Å². The van der Waals surface area contributed by atoms with E-state index < -0.39 is 0 Å². The first-order chi connectivity index (χ1) is 13.6. The van der Waals surface area contributed by atoms with Crippen LogP contribution >= 0.6 is 15.9 Å². The lowest BCUT2D eigenvalue weighted by atomic mass is 10.1. The Morgan fingerprint density at radius 2 is 1.61 bits per heavy atom. The van der Waals surface area contributed by atoms with Crippen LogP contribution < -0.4 is 14.4 Å². The number of benzene rings is 2. The molecule has 0 aliphatic heterocycles. The molecular formula is C22H24BrN3O2. The van der Waals surface area contributed by atoms with Gasteiger partial charge in [0.05, 0.1) is 19.7 Å². The highest BCUT2D eigenvalue weighted by Crippen LogP contribution is 2.28. The van der Waals surface area contributed by atoms with Gasteiger partial charge in [-0.05, 0) is 55.8 Å². The summed E-state index contributed by atoms with van der Waals surface area (Å²) in [7, 11) is 3.28. The summed E-state index contributed by atoms with van der Waals surface area (Å²) < 4.78 is 11.7. The van der Waals surface area contributed by atoms with Gasteiger partial charge >= 0.3 is 0 Å². The number of fused-ring (bicyclic) bond motifs is 1. The van der Waals surface area contributed by atoms with Crippen LogP contribution in [0.1, 0.15) is 25.2 Å². The maximum atomic E-state index is 5.34. The molecule has 0 bridgehead atoms. The molecule has 0 N–H and O–H groups in total. The Labute approximate surface area is 174 Å². The second-order valence-corrected chi connectivity index (χ2v) is 7.13. The van der Waals surface area contributed by atoms with Gasteiger partial charge in [0, 0.05) is 29.0 Å². The van der Waals surface area contributed by atoms with Crippen LogP contribution in [0.3, 0.4) is 0 Å². The number of halogens is 1. The molecule has 3 rings (SSSR count). The van der Waals surface area contributed by atoms with Crippen molar-refractivity contribution in [3.8, 4) is 11.5 Å². The molecule has 146 valence electrons. The largest absolute Gasteiger partial charge is 0.497 e. The highest BCUT2D eigenvalue weighted by molar-refractivity contribution is 9.10. The fourth-order valence-corrected chi connectivity index (χ4v) is 3.40. The van der Waals surface area contributed by atoms with E-state index in [1.165, 1.54) is 0 Å². The fourth-order valence-electron chi connectivity index (χ4n) is 3.04. The number of hydrogen-bond acceptors (Lipinski definition) is 5. The molecule has 1 heterocycles. The van der Waals surface area contributed by atoms with E-state index in [9.17, 15) is 0 Å². The molecule has 0 aliphatic carbocycles. The molecular weight excluding hydrogens is 418 g/mol. The van der Waals surface area contributed by atoms with Crippen LogP contribution in [0.4, 0.5) is 5.82 Å². The maximum absolute atomic E-state index is 5.34. The van der Waals surface area contributed by atoms with E-state index in [2.05, 4.69) is 40.7 Å². The smallest absolute Gasteiger partial charge is 0.154 e. The van der Waals surface area contributed by atoms with Crippen LogP contribution in [0, 0.1) is 0 Å². The van der Waals surface area contributed by atoms with Gasteiger partial charge in [-0.2, -0.15) is 0 Å². The first-order valence-electron chi connectivity index (χ1n) is 9.21. The van der Waals surface area contributed by atoms with Crippen molar-refractivity contribution < 1.29 is 9.47 Å². The zero-order valence-electron chi connectivity index (χ0n) is 16.6. The molecule has 0 saturated carbocycles. The standard InChI is InChI=1S/C22H24BrN3O2/c1-5-26(6-2)22-19-13-16(23)8-9-20(19)24-21(25-22)10-7-15-11-17(27-3)14-18(12-15)28-4/h7-14H,5-6H2,1-4H3/b10-7+. The van der Waals surface area contributed by atoms with Crippen molar-refractivity contribution in [1.29, 1.82) is 0 Å². The number of anilines is 1. The van der Waals surface area contributed by atoms with Crippen molar-refractivity contribution in [2.24, 2.45) is 0 Å². The number of rotatable bonds is 7. The Hall–Kier alpha value is -2.60. The molecule has 0 aliphatic rings. The van der Waals surface area contributed by atoms with Gasteiger partial charge in [-0.1, -0.05) is 22.0 Å². The van der Waals surface area contributed by atoms with Crippen molar-refractivity contribution in [3.63, 3.8) is 0 Å². The summed E-state index contributed by atoms with van der Waals surface area (Å²) in [4.78, 5) is 11.8.